The summed E-state index contributed by atoms with van der Waals surface area (Å²) >= 11 is 0. The van der Waals surface area contributed by atoms with Gasteiger partial charge in [0.05, 0.1) is 17.2 Å². The normalized spacial score (nSPS) is 15.3. The molecule has 1 aliphatic heterocycles. The van der Waals surface area contributed by atoms with Crippen LogP contribution >= 0.6 is 0 Å². The molecule has 1 unspecified atom stereocenters. The van der Waals surface area contributed by atoms with Gasteiger partial charge in [0.25, 0.3) is 11.8 Å². The molecular weight excluding hydrogens is 613 g/mol. The number of nitrogens with one attached hydrogen (secondary N) is 2. The molecule has 0 bridgehead atoms. The average Bonchev–Trinajstić information content (AvgIpc) is 3.03. The zero-order valence-corrected chi connectivity index (χ0v) is 26.6. The SMILES string of the molecule is CNC(=O)c1ccc(-c2cccc(CC(O)(C(=O)Nc3ccc(C#N)c(C(F)(F)F)c3)C3CCN(C(=O)OC(C)(C)C)CC3)c2)cc1. The number of carbonyl (C=O) groups excluding carboxylic acids is 3. The van der Waals surface area contributed by atoms with Gasteiger partial charge in [0.1, 0.15) is 11.2 Å². The molecule has 0 radical (unpaired) electrons. The van der Waals surface area contributed by atoms with Crippen molar-refractivity contribution in [3.63, 3.8) is 0 Å². The van der Waals surface area contributed by atoms with Crippen LogP contribution in [0.2, 0.25) is 0 Å². The van der Waals surface area contributed by atoms with Crippen molar-refractivity contribution < 1.29 is 37.4 Å². The lowest BCUT2D eigenvalue weighted by molar-refractivity contribution is -0.142. The fraction of sp³-hybridized carbons (Fsp3) is 0.371. The van der Waals surface area contributed by atoms with E-state index in [1.54, 1.807) is 63.2 Å². The zero-order valence-electron chi connectivity index (χ0n) is 26.6. The molecule has 0 aliphatic carbocycles. The number of nitrogens with zero attached hydrogens (tertiary/aromatic N) is 2. The highest BCUT2D eigenvalue weighted by Crippen LogP contribution is 2.36. The highest BCUT2D eigenvalue weighted by atomic mass is 19.4. The second-order valence-electron chi connectivity index (χ2n) is 12.5. The zero-order chi connectivity index (χ0) is 34.6. The van der Waals surface area contributed by atoms with Crippen molar-refractivity contribution in [2.75, 3.05) is 25.5 Å². The number of anilines is 1. The number of piperidine rings is 1. The van der Waals surface area contributed by atoms with Crippen LogP contribution in [0.15, 0.2) is 66.7 Å². The molecule has 0 spiro atoms. The van der Waals surface area contributed by atoms with Gasteiger partial charge < -0.3 is 25.4 Å². The van der Waals surface area contributed by atoms with Crippen molar-refractivity contribution in [2.45, 2.75) is 57.4 Å². The Balaban J connectivity index is 1.64. The van der Waals surface area contributed by atoms with Gasteiger partial charge in [-0.25, -0.2) is 4.79 Å². The van der Waals surface area contributed by atoms with Gasteiger partial charge in [-0.05, 0) is 80.6 Å². The average molecular weight is 651 g/mol. The van der Waals surface area contributed by atoms with E-state index in [-0.39, 0.29) is 43.9 Å². The molecule has 248 valence electrons. The number of rotatable bonds is 7. The predicted octanol–water partition coefficient (Wildman–Crippen LogP) is 6.16. The van der Waals surface area contributed by atoms with E-state index in [9.17, 15) is 32.7 Å². The van der Waals surface area contributed by atoms with Crippen molar-refractivity contribution in [2.24, 2.45) is 5.92 Å². The number of carbonyl (C=O) groups is 3. The molecule has 0 saturated carbocycles. The Morgan fingerprint density at radius 2 is 1.64 bits per heavy atom. The molecule has 1 heterocycles. The number of ether oxygens (including phenoxy) is 1. The lowest BCUT2D eigenvalue weighted by atomic mass is 9.76. The Morgan fingerprint density at radius 3 is 2.21 bits per heavy atom. The lowest BCUT2D eigenvalue weighted by Gasteiger charge is -2.41. The molecule has 1 saturated heterocycles. The number of halogens is 3. The summed E-state index contributed by atoms with van der Waals surface area (Å²) in [7, 11) is 1.54. The molecule has 1 aliphatic rings. The number of amides is 3. The molecule has 3 amide bonds. The number of alkyl halides is 3. The van der Waals surface area contributed by atoms with Gasteiger partial charge in [-0.15, -0.1) is 0 Å². The van der Waals surface area contributed by atoms with E-state index in [0.717, 1.165) is 17.2 Å². The van der Waals surface area contributed by atoms with Crippen molar-refractivity contribution in [3.8, 4) is 17.2 Å². The number of nitriles is 1. The first-order valence-electron chi connectivity index (χ1n) is 15.1. The number of likely N-dealkylation sites (tertiary alicyclic amines) is 1. The molecule has 3 N–H and O–H groups in total. The monoisotopic (exact) mass is 650 g/mol. The minimum Gasteiger partial charge on any atom is -0.444 e. The summed E-state index contributed by atoms with van der Waals surface area (Å²) in [5.74, 6) is -1.81. The maximum absolute atomic E-state index is 13.9. The van der Waals surface area contributed by atoms with Gasteiger partial charge >= 0.3 is 12.3 Å². The Morgan fingerprint density at radius 1 is 0.979 bits per heavy atom. The molecule has 3 aromatic rings. The summed E-state index contributed by atoms with van der Waals surface area (Å²) in [4.78, 5) is 40.0. The van der Waals surface area contributed by atoms with Gasteiger partial charge in [0.2, 0.25) is 0 Å². The van der Waals surface area contributed by atoms with Crippen LogP contribution in [0.25, 0.3) is 11.1 Å². The second-order valence-corrected chi connectivity index (χ2v) is 12.5. The smallest absolute Gasteiger partial charge is 0.417 e. The third-order valence-electron chi connectivity index (χ3n) is 8.03. The third-order valence-corrected chi connectivity index (χ3v) is 8.03. The lowest BCUT2D eigenvalue weighted by Crippen LogP contribution is -2.55. The highest BCUT2D eigenvalue weighted by molar-refractivity contribution is 5.98. The minimum absolute atomic E-state index is 0.178. The van der Waals surface area contributed by atoms with E-state index < -0.39 is 46.4 Å². The van der Waals surface area contributed by atoms with Crippen LogP contribution in [0.3, 0.4) is 0 Å². The summed E-state index contributed by atoms with van der Waals surface area (Å²) in [5, 5.41) is 26.4. The standard InChI is InChI=1S/C35H37F3N4O5/c1-33(2,3)47-32(45)42-16-14-27(15-17-42)34(46,31(44)41-28-13-12-26(21-39)29(19-28)35(36,37)38)20-22-6-5-7-25(18-22)23-8-10-24(11-9-23)30(43)40-4/h5-13,18-19,27,46H,14-17,20H2,1-4H3,(H,40,43)(H,41,44). The Bertz CT molecular complexity index is 1670. The van der Waals surface area contributed by atoms with E-state index in [0.29, 0.717) is 17.2 Å². The van der Waals surface area contributed by atoms with Crippen LogP contribution in [0.5, 0.6) is 0 Å². The Labute approximate surface area is 271 Å². The molecule has 1 fully saturated rings. The quantitative estimate of drug-likeness (QED) is 0.281. The van der Waals surface area contributed by atoms with Crippen molar-refractivity contribution in [1.82, 2.24) is 10.2 Å². The molecular formula is C35H37F3N4O5. The first-order chi connectivity index (χ1) is 22.0. The van der Waals surface area contributed by atoms with Gasteiger partial charge in [-0.1, -0.05) is 36.4 Å². The molecule has 4 rings (SSSR count). The van der Waals surface area contributed by atoms with Crippen LogP contribution in [0.1, 0.15) is 60.7 Å². The third kappa shape index (κ3) is 8.48. The van der Waals surface area contributed by atoms with E-state index in [4.69, 9.17) is 10.00 Å². The minimum atomic E-state index is -4.84. The van der Waals surface area contributed by atoms with Crippen LogP contribution in [-0.4, -0.2) is 59.3 Å². The Kier molecular flexibility index (Phi) is 10.3. The molecule has 0 aromatic heterocycles. The van der Waals surface area contributed by atoms with Crippen molar-refractivity contribution in [3.05, 3.63) is 89.0 Å². The van der Waals surface area contributed by atoms with E-state index in [1.807, 2.05) is 6.07 Å². The summed E-state index contributed by atoms with van der Waals surface area (Å²) in [6, 6.07) is 18.4. The highest BCUT2D eigenvalue weighted by Gasteiger charge is 2.46. The number of aliphatic hydroxyl groups is 1. The van der Waals surface area contributed by atoms with Crippen LogP contribution in [-0.2, 0) is 22.1 Å². The van der Waals surface area contributed by atoms with Gasteiger partial charge in [-0.3, -0.25) is 9.59 Å². The van der Waals surface area contributed by atoms with Gasteiger partial charge in [-0.2, -0.15) is 18.4 Å². The first-order valence-corrected chi connectivity index (χ1v) is 15.1. The number of benzene rings is 3. The van der Waals surface area contributed by atoms with Crippen molar-refractivity contribution >= 4 is 23.6 Å². The number of hydrogen-bond acceptors (Lipinski definition) is 6. The predicted molar refractivity (Wildman–Crippen MR) is 169 cm³/mol. The summed E-state index contributed by atoms with van der Waals surface area (Å²) in [6.07, 6.45) is -5.08. The second kappa shape index (κ2) is 13.8. The van der Waals surface area contributed by atoms with Crippen LogP contribution in [0, 0.1) is 17.2 Å². The first kappa shape index (κ1) is 35.0. The van der Waals surface area contributed by atoms with Crippen molar-refractivity contribution in [1.29, 1.82) is 5.26 Å². The number of hydrogen-bond donors (Lipinski definition) is 3. The molecule has 47 heavy (non-hydrogen) atoms. The van der Waals surface area contributed by atoms with Crippen LogP contribution < -0.4 is 10.6 Å². The van der Waals surface area contributed by atoms with Crippen LogP contribution in [0.4, 0.5) is 23.7 Å². The van der Waals surface area contributed by atoms with E-state index in [1.165, 1.54) is 24.1 Å². The molecule has 9 nitrogen and oxygen atoms in total. The summed E-state index contributed by atoms with van der Waals surface area (Å²) < 4.78 is 46.4. The largest absolute Gasteiger partial charge is 0.444 e. The van der Waals surface area contributed by atoms with E-state index >= 15 is 0 Å². The fourth-order valence-corrected chi connectivity index (χ4v) is 5.60. The Hall–Kier alpha value is -4.89. The molecule has 1 atom stereocenters. The summed E-state index contributed by atoms with van der Waals surface area (Å²) in [5.41, 5.74) is -2.22. The maximum atomic E-state index is 13.9. The molecule has 3 aromatic carbocycles. The van der Waals surface area contributed by atoms with Gasteiger partial charge in [0, 0.05) is 43.7 Å². The summed E-state index contributed by atoms with van der Waals surface area (Å²) in [6.45, 7) is 5.64. The van der Waals surface area contributed by atoms with E-state index in [2.05, 4.69) is 10.6 Å². The topological polar surface area (TPSA) is 132 Å². The molecule has 12 heteroatoms. The fourth-order valence-electron chi connectivity index (χ4n) is 5.60. The maximum Gasteiger partial charge on any atom is 0.417 e. The van der Waals surface area contributed by atoms with Gasteiger partial charge in [0.15, 0.2) is 0 Å².